The van der Waals surface area contributed by atoms with E-state index in [2.05, 4.69) is 19.2 Å². The minimum Gasteiger partial charge on any atom is -0.478 e. The molecule has 0 aliphatic heterocycles. The van der Waals surface area contributed by atoms with Gasteiger partial charge in [0.15, 0.2) is 0 Å². The van der Waals surface area contributed by atoms with E-state index in [4.69, 9.17) is 5.11 Å². The lowest BCUT2D eigenvalue weighted by atomic mass is 9.68. The van der Waals surface area contributed by atoms with E-state index in [1.807, 2.05) is 12.1 Å². The van der Waals surface area contributed by atoms with E-state index in [0.29, 0.717) is 17.0 Å². The normalized spacial score (nSPS) is 18.7. The molecule has 0 spiro atoms. The first kappa shape index (κ1) is 12.1. The van der Waals surface area contributed by atoms with E-state index in [1.54, 1.807) is 12.1 Å². The molecule has 0 aromatic heterocycles. The van der Waals surface area contributed by atoms with Crippen molar-refractivity contribution in [3.63, 3.8) is 0 Å². The highest BCUT2D eigenvalue weighted by Gasteiger charge is 2.35. The maximum absolute atomic E-state index is 10.7. The topological polar surface area (TPSA) is 49.3 Å². The summed E-state index contributed by atoms with van der Waals surface area (Å²) in [5.41, 5.74) is 1.98. The van der Waals surface area contributed by atoms with Gasteiger partial charge in [-0.2, -0.15) is 0 Å². The number of rotatable bonds is 4. The molecule has 1 aliphatic carbocycles. The summed E-state index contributed by atoms with van der Waals surface area (Å²) < 4.78 is 0. The smallest absolute Gasteiger partial charge is 0.335 e. The minimum absolute atomic E-state index is 0.346. The van der Waals surface area contributed by atoms with Gasteiger partial charge in [-0.15, -0.1) is 0 Å². The van der Waals surface area contributed by atoms with Crippen molar-refractivity contribution < 1.29 is 9.90 Å². The number of hydrogen-bond donors (Lipinski definition) is 2. The fraction of sp³-hybridized carbons (Fsp3) is 0.500. The molecule has 1 aromatic rings. The molecule has 1 aliphatic rings. The summed E-state index contributed by atoms with van der Waals surface area (Å²) in [6.45, 7) is 5.39. The van der Waals surface area contributed by atoms with Gasteiger partial charge in [-0.1, -0.05) is 26.0 Å². The summed E-state index contributed by atoms with van der Waals surface area (Å²) in [5, 5.41) is 12.3. The molecule has 1 saturated carbocycles. The number of hydrogen-bond acceptors (Lipinski definition) is 2. The molecule has 0 heterocycles. The van der Waals surface area contributed by atoms with Crippen LogP contribution in [0, 0.1) is 5.41 Å². The van der Waals surface area contributed by atoms with Crippen LogP contribution >= 0.6 is 0 Å². The number of benzene rings is 1. The Morgan fingerprint density at radius 3 is 2.41 bits per heavy atom. The zero-order valence-electron chi connectivity index (χ0n) is 10.4. The molecule has 0 amide bonds. The summed E-state index contributed by atoms with van der Waals surface area (Å²) in [6.07, 6.45) is 2.44. The van der Waals surface area contributed by atoms with Crippen LogP contribution in [0.2, 0.25) is 0 Å². The Bertz CT molecular complexity index is 401. The predicted molar refractivity (Wildman–Crippen MR) is 67.0 cm³/mol. The van der Waals surface area contributed by atoms with Crippen molar-refractivity contribution in [1.29, 1.82) is 0 Å². The van der Waals surface area contributed by atoms with E-state index in [9.17, 15) is 4.79 Å². The highest BCUT2D eigenvalue weighted by atomic mass is 16.4. The Morgan fingerprint density at radius 1 is 1.35 bits per heavy atom. The van der Waals surface area contributed by atoms with Crippen LogP contribution < -0.4 is 5.32 Å². The van der Waals surface area contributed by atoms with Crippen molar-refractivity contribution in [1.82, 2.24) is 5.32 Å². The van der Waals surface area contributed by atoms with Crippen LogP contribution in [0.3, 0.4) is 0 Å². The molecule has 3 heteroatoms. The molecule has 17 heavy (non-hydrogen) atoms. The van der Waals surface area contributed by atoms with Crippen LogP contribution in [0.1, 0.15) is 42.6 Å². The molecule has 92 valence electrons. The number of carboxylic acids is 1. The zero-order valence-corrected chi connectivity index (χ0v) is 10.4. The maximum atomic E-state index is 10.7. The highest BCUT2D eigenvalue weighted by molar-refractivity contribution is 5.87. The first-order valence-electron chi connectivity index (χ1n) is 6.02. The molecular weight excluding hydrogens is 214 g/mol. The third kappa shape index (κ3) is 3.07. The van der Waals surface area contributed by atoms with Gasteiger partial charge in [0.05, 0.1) is 5.56 Å². The van der Waals surface area contributed by atoms with Gasteiger partial charge in [0.1, 0.15) is 0 Å². The van der Waals surface area contributed by atoms with E-state index in [1.165, 1.54) is 12.8 Å². The first-order chi connectivity index (χ1) is 7.96. The lowest BCUT2D eigenvalue weighted by molar-refractivity contribution is 0.0697. The standard InChI is InChI=1S/C14H19NO2/c1-14(2)7-12(8-14)15-9-10-3-5-11(6-4-10)13(16)17/h3-6,12,15H,7-9H2,1-2H3,(H,16,17). The minimum atomic E-state index is -0.870. The van der Waals surface area contributed by atoms with Crippen LogP contribution in [0.25, 0.3) is 0 Å². The highest BCUT2D eigenvalue weighted by Crippen LogP contribution is 2.39. The van der Waals surface area contributed by atoms with Crippen molar-refractivity contribution >= 4 is 5.97 Å². The quantitative estimate of drug-likeness (QED) is 0.840. The molecule has 1 aromatic carbocycles. The Hall–Kier alpha value is -1.35. The van der Waals surface area contributed by atoms with Gasteiger partial charge < -0.3 is 10.4 Å². The van der Waals surface area contributed by atoms with E-state index in [-0.39, 0.29) is 0 Å². The Kier molecular flexibility index (Phi) is 3.20. The van der Waals surface area contributed by atoms with Gasteiger partial charge in [0.25, 0.3) is 0 Å². The molecule has 0 saturated heterocycles. The second-order valence-electron chi connectivity index (χ2n) is 5.65. The van der Waals surface area contributed by atoms with Gasteiger partial charge in [-0.05, 0) is 36.0 Å². The van der Waals surface area contributed by atoms with E-state index in [0.717, 1.165) is 12.1 Å². The van der Waals surface area contributed by atoms with Crippen LogP contribution in [0.4, 0.5) is 0 Å². The lowest BCUT2D eigenvalue weighted by Crippen LogP contribution is -2.45. The third-order valence-corrected chi connectivity index (χ3v) is 3.39. The zero-order chi connectivity index (χ0) is 12.5. The van der Waals surface area contributed by atoms with Gasteiger partial charge in [0.2, 0.25) is 0 Å². The fourth-order valence-electron chi connectivity index (χ4n) is 2.45. The molecule has 1 fully saturated rings. The summed E-state index contributed by atoms with van der Waals surface area (Å²) in [7, 11) is 0. The van der Waals surface area contributed by atoms with Crippen molar-refractivity contribution in [2.24, 2.45) is 5.41 Å². The average molecular weight is 233 g/mol. The monoisotopic (exact) mass is 233 g/mol. The first-order valence-corrected chi connectivity index (χ1v) is 6.02. The molecule has 0 unspecified atom stereocenters. The third-order valence-electron chi connectivity index (χ3n) is 3.39. The predicted octanol–water partition coefficient (Wildman–Crippen LogP) is 2.66. The Morgan fingerprint density at radius 2 is 1.94 bits per heavy atom. The number of aromatic carboxylic acids is 1. The summed E-state index contributed by atoms with van der Waals surface area (Å²) in [6, 6.07) is 7.68. The Balaban J connectivity index is 1.82. The SMILES string of the molecule is CC1(C)CC(NCc2ccc(C(=O)O)cc2)C1. The lowest BCUT2D eigenvalue weighted by Gasteiger charge is -2.43. The molecule has 2 N–H and O–H groups in total. The molecule has 2 rings (SSSR count). The van der Waals surface area contributed by atoms with Crippen molar-refractivity contribution in [3.05, 3.63) is 35.4 Å². The average Bonchev–Trinajstić information content (AvgIpc) is 2.24. The second kappa shape index (κ2) is 4.49. The molecular formula is C14H19NO2. The van der Waals surface area contributed by atoms with Gasteiger partial charge in [-0.25, -0.2) is 4.79 Å². The number of carboxylic acid groups (broad SMARTS) is 1. The van der Waals surface area contributed by atoms with E-state index < -0.39 is 5.97 Å². The molecule has 3 nitrogen and oxygen atoms in total. The Labute approximate surface area is 102 Å². The fourth-order valence-corrected chi connectivity index (χ4v) is 2.45. The van der Waals surface area contributed by atoms with Crippen molar-refractivity contribution in [2.45, 2.75) is 39.3 Å². The van der Waals surface area contributed by atoms with Crippen molar-refractivity contribution in [3.8, 4) is 0 Å². The summed E-state index contributed by atoms with van der Waals surface area (Å²) in [5.74, 6) is -0.870. The van der Waals surface area contributed by atoms with Crippen molar-refractivity contribution in [2.75, 3.05) is 0 Å². The van der Waals surface area contributed by atoms with E-state index >= 15 is 0 Å². The van der Waals surface area contributed by atoms with Gasteiger partial charge >= 0.3 is 5.97 Å². The molecule has 0 bridgehead atoms. The molecule has 0 atom stereocenters. The number of carbonyl (C=O) groups is 1. The summed E-state index contributed by atoms with van der Waals surface area (Å²) in [4.78, 5) is 10.7. The van der Waals surface area contributed by atoms with Crippen LogP contribution in [-0.2, 0) is 6.54 Å². The van der Waals surface area contributed by atoms with Crippen LogP contribution in [0.5, 0.6) is 0 Å². The van der Waals surface area contributed by atoms with Gasteiger partial charge in [-0.3, -0.25) is 0 Å². The molecule has 0 radical (unpaired) electrons. The largest absolute Gasteiger partial charge is 0.478 e. The van der Waals surface area contributed by atoms with Crippen LogP contribution in [0.15, 0.2) is 24.3 Å². The maximum Gasteiger partial charge on any atom is 0.335 e. The number of nitrogens with one attached hydrogen (secondary N) is 1. The van der Waals surface area contributed by atoms with Gasteiger partial charge in [0, 0.05) is 12.6 Å². The summed E-state index contributed by atoms with van der Waals surface area (Å²) >= 11 is 0. The second-order valence-corrected chi connectivity index (χ2v) is 5.65. The van der Waals surface area contributed by atoms with Crippen LogP contribution in [-0.4, -0.2) is 17.1 Å².